The molecule has 0 bridgehead atoms. The largest absolute Gasteiger partial charge is 0.756 e. The quantitative estimate of drug-likeness (QED) is 0.115. The molecule has 23 heteroatoms. The number of hydrogen-bond donors (Lipinski definition) is 8. The number of hydrogen-bond acceptors (Lipinski definition) is 19. The highest BCUT2D eigenvalue weighted by molar-refractivity contribution is 7.59. The molecule has 4 rings (SSSR count). The van der Waals surface area contributed by atoms with Crippen LogP contribution in [0.5, 0.6) is 0 Å². The van der Waals surface area contributed by atoms with Crippen molar-refractivity contribution in [1.29, 1.82) is 0 Å². The molecule has 40 heavy (non-hydrogen) atoms. The standard InChI is InChI=1S/C17H27N5O16P2/c18-17-20-13-7(14(29)21-17)19-4-22(13)15-11(27)9(25)6(35-15)3-34-39(30,31)38-40(32,33)37-16-12(28)10(26)8(24)5(36-16)1-2-23/h4-6,8-12,15-16,23-28H,1-3H2,(H,30,31)(H,32,33)(H3,18,20,21,29)/p-2/t5-,6+,8+,9+,10+,11+,12-,15+,16+/m0/s1. The van der Waals surface area contributed by atoms with E-state index < -0.39 is 89.7 Å². The van der Waals surface area contributed by atoms with Crippen LogP contribution in [0.3, 0.4) is 0 Å². The molecule has 0 radical (unpaired) electrons. The van der Waals surface area contributed by atoms with Crippen molar-refractivity contribution in [3.63, 3.8) is 0 Å². The zero-order chi connectivity index (χ0) is 29.6. The molecule has 226 valence electrons. The van der Waals surface area contributed by atoms with E-state index in [1.807, 2.05) is 0 Å². The van der Waals surface area contributed by atoms with Crippen LogP contribution in [0, 0.1) is 0 Å². The SMILES string of the molecule is Nc1nc2c(ncn2[C@@H]2O[C@H](COP(=O)([O-])OP(=O)([O-])O[C@H]3O[C@@H](CCO)[C@@H](O)[C@@H](O)[C@@H]3O)[C@@H](O)[C@H]2O)c(=O)[nH]1. The molecule has 11 atom stereocenters. The average Bonchev–Trinajstić information content (AvgIpc) is 3.39. The monoisotopic (exact) mass is 617 g/mol. The van der Waals surface area contributed by atoms with E-state index in [4.69, 9.17) is 20.3 Å². The lowest BCUT2D eigenvalue weighted by Crippen LogP contribution is -2.58. The van der Waals surface area contributed by atoms with Crippen molar-refractivity contribution < 1.29 is 72.4 Å². The van der Waals surface area contributed by atoms with Crippen molar-refractivity contribution in [2.75, 3.05) is 18.9 Å². The van der Waals surface area contributed by atoms with Crippen molar-refractivity contribution in [3.05, 3.63) is 16.7 Å². The minimum absolute atomic E-state index is 0.132. The molecule has 0 amide bonds. The fourth-order valence-electron chi connectivity index (χ4n) is 4.05. The van der Waals surface area contributed by atoms with Crippen molar-refractivity contribution in [3.8, 4) is 0 Å². The zero-order valence-corrected chi connectivity index (χ0v) is 21.8. The summed E-state index contributed by atoms with van der Waals surface area (Å²) in [6.07, 6.45) is -15.3. The molecule has 2 aromatic heterocycles. The van der Waals surface area contributed by atoms with Gasteiger partial charge in [-0.05, 0) is 6.42 Å². The minimum Gasteiger partial charge on any atom is -0.756 e. The summed E-state index contributed by atoms with van der Waals surface area (Å²) in [5.74, 6) is -0.290. The van der Waals surface area contributed by atoms with Gasteiger partial charge in [-0.15, -0.1) is 0 Å². The van der Waals surface area contributed by atoms with Crippen LogP contribution >= 0.6 is 15.6 Å². The summed E-state index contributed by atoms with van der Waals surface area (Å²) in [6.45, 7) is -1.64. The Kier molecular flexibility index (Phi) is 9.13. The van der Waals surface area contributed by atoms with Gasteiger partial charge in [0.25, 0.3) is 21.2 Å². The molecule has 9 N–H and O–H groups in total. The predicted molar refractivity (Wildman–Crippen MR) is 120 cm³/mol. The van der Waals surface area contributed by atoms with E-state index in [2.05, 4.69) is 28.3 Å². The Hall–Kier alpha value is -1.91. The Balaban J connectivity index is 1.39. The first-order valence-electron chi connectivity index (χ1n) is 11.3. The molecule has 0 saturated carbocycles. The molecular weight excluding hydrogens is 592 g/mol. The minimum atomic E-state index is -5.90. The Morgan fingerprint density at radius 1 is 1.02 bits per heavy atom. The van der Waals surface area contributed by atoms with Gasteiger partial charge in [-0.2, -0.15) is 4.98 Å². The van der Waals surface area contributed by atoms with Crippen LogP contribution in [-0.4, -0.2) is 112 Å². The predicted octanol–water partition coefficient (Wildman–Crippen LogP) is -5.50. The first kappa shape index (κ1) is 31.0. The fourth-order valence-corrected chi connectivity index (χ4v) is 6.13. The van der Waals surface area contributed by atoms with Crippen molar-refractivity contribution in [2.45, 2.75) is 61.7 Å². The van der Waals surface area contributed by atoms with E-state index in [0.717, 1.165) is 10.9 Å². The number of phosphoric ester groups is 2. The summed E-state index contributed by atoms with van der Waals surface area (Å²) < 4.78 is 48.6. The number of aliphatic hydroxyl groups excluding tert-OH is 6. The molecule has 2 saturated heterocycles. The number of nitrogens with zero attached hydrogens (tertiary/aromatic N) is 3. The number of nitrogens with two attached hydrogens (primary N) is 1. The zero-order valence-electron chi connectivity index (χ0n) is 20.0. The topological polar surface area (TPSA) is 337 Å². The first-order chi connectivity index (χ1) is 18.6. The third kappa shape index (κ3) is 6.44. The number of aliphatic hydroxyl groups is 6. The molecule has 4 heterocycles. The number of rotatable bonds is 10. The number of ether oxygens (including phenoxy) is 2. The van der Waals surface area contributed by atoms with Crippen LogP contribution in [0.2, 0.25) is 0 Å². The lowest BCUT2D eigenvalue weighted by molar-refractivity contribution is -0.303. The number of fused-ring (bicyclic) bond motifs is 1. The van der Waals surface area contributed by atoms with Gasteiger partial charge in [-0.1, -0.05) is 0 Å². The number of nitrogens with one attached hydrogen (secondary N) is 1. The van der Waals surface area contributed by atoms with Crippen LogP contribution in [0.15, 0.2) is 11.1 Å². The Bertz CT molecular complexity index is 1360. The van der Waals surface area contributed by atoms with E-state index in [1.54, 1.807) is 0 Å². The van der Waals surface area contributed by atoms with E-state index in [1.165, 1.54) is 0 Å². The highest BCUT2D eigenvalue weighted by Crippen LogP contribution is 2.57. The maximum absolute atomic E-state index is 12.2. The average molecular weight is 617 g/mol. The van der Waals surface area contributed by atoms with Crippen LogP contribution in [0.1, 0.15) is 12.6 Å². The van der Waals surface area contributed by atoms with Gasteiger partial charge in [0.2, 0.25) is 5.95 Å². The van der Waals surface area contributed by atoms with Crippen LogP contribution in [0.25, 0.3) is 11.2 Å². The van der Waals surface area contributed by atoms with Crippen LogP contribution in [-0.2, 0) is 32.0 Å². The summed E-state index contributed by atoms with van der Waals surface area (Å²) in [7, 11) is -11.7. The number of nitrogen functional groups attached to an aromatic ring is 1. The first-order valence-corrected chi connectivity index (χ1v) is 14.3. The number of phosphoric acid groups is 2. The molecule has 2 aliphatic rings. The molecule has 2 aliphatic heterocycles. The van der Waals surface area contributed by atoms with Gasteiger partial charge in [0, 0.05) is 6.61 Å². The normalized spacial score (nSPS) is 36.0. The second-order valence-corrected chi connectivity index (χ2v) is 11.6. The van der Waals surface area contributed by atoms with Gasteiger partial charge in [-0.3, -0.25) is 28.0 Å². The number of anilines is 1. The van der Waals surface area contributed by atoms with Gasteiger partial charge >= 0.3 is 0 Å². The van der Waals surface area contributed by atoms with Crippen LogP contribution in [0.4, 0.5) is 5.95 Å². The molecule has 0 spiro atoms. The molecular formula is C17H25N5O16P2-2. The van der Waals surface area contributed by atoms with Crippen molar-refractivity contribution in [1.82, 2.24) is 19.5 Å². The maximum Gasteiger partial charge on any atom is 0.280 e. The smallest absolute Gasteiger partial charge is 0.280 e. The molecule has 2 aromatic rings. The van der Waals surface area contributed by atoms with Gasteiger partial charge in [0.15, 0.2) is 23.7 Å². The Morgan fingerprint density at radius 3 is 2.38 bits per heavy atom. The second-order valence-electron chi connectivity index (χ2n) is 8.73. The number of aromatic amines is 1. The Labute approximate surface area is 222 Å². The molecule has 2 unspecified atom stereocenters. The van der Waals surface area contributed by atoms with Crippen molar-refractivity contribution in [2.24, 2.45) is 0 Å². The molecule has 21 nitrogen and oxygen atoms in total. The summed E-state index contributed by atoms with van der Waals surface area (Å²) in [4.78, 5) is 46.3. The lowest BCUT2D eigenvalue weighted by atomic mass is 9.97. The fraction of sp³-hybridized carbons (Fsp3) is 0.706. The van der Waals surface area contributed by atoms with Crippen molar-refractivity contribution >= 4 is 32.8 Å². The summed E-state index contributed by atoms with van der Waals surface area (Å²) in [5.41, 5.74) is 4.49. The van der Waals surface area contributed by atoms with E-state index in [-0.39, 0.29) is 23.5 Å². The maximum atomic E-state index is 12.2. The molecule has 2 fully saturated rings. The second kappa shape index (κ2) is 11.8. The molecule has 0 aliphatic carbocycles. The van der Waals surface area contributed by atoms with Gasteiger partial charge in [-0.25, -0.2) is 9.29 Å². The summed E-state index contributed by atoms with van der Waals surface area (Å²) in [5, 5.41) is 59.4. The lowest BCUT2D eigenvalue weighted by Gasteiger charge is -2.42. The number of aromatic nitrogens is 4. The van der Waals surface area contributed by atoms with Crippen LogP contribution < -0.4 is 21.1 Å². The summed E-state index contributed by atoms with van der Waals surface area (Å²) in [6, 6.07) is 0. The molecule has 0 aromatic carbocycles. The number of imidazole rings is 1. The van der Waals surface area contributed by atoms with E-state index >= 15 is 0 Å². The third-order valence-electron chi connectivity index (χ3n) is 5.97. The number of H-pyrrole nitrogens is 1. The van der Waals surface area contributed by atoms with E-state index in [9.17, 15) is 49.2 Å². The Morgan fingerprint density at radius 2 is 1.70 bits per heavy atom. The van der Waals surface area contributed by atoms with Gasteiger partial charge in [0.05, 0.1) is 19.0 Å². The van der Waals surface area contributed by atoms with E-state index in [0.29, 0.717) is 0 Å². The third-order valence-corrected chi connectivity index (χ3v) is 8.51. The van der Waals surface area contributed by atoms with Gasteiger partial charge < -0.3 is 60.2 Å². The van der Waals surface area contributed by atoms with Gasteiger partial charge in [0.1, 0.15) is 36.6 Å². The highest BCUT2D eigenvalue weighted by Gasteiger charge is 2.47. The summed E-state index contributed by atoms with van der Waals surface area (Å²) >= 11 is 0. The highest BCUT2D eigenvalue weighted by atomic mass is 31.3.